The summed E-state index contributed by atoms with van der Waals surface area (Å²) in [4.78, 5) is 11.3. The number of rotatable bonds is 6. The highest BCUT2D eigenvalue weighted by atomic mass is 16.5. The molecule has 0 bridgehead atoms. The van der Waals surface area contributed by atoms with Crippen molar-refractivity contribution in [1.82, 2.24) is 20.2 Å². The molecule has 20 heavy (non-hydrogen) atoms. The van der Waals surface area contributed by atoms with E-state index in [0.717, 1.165) is 19.3 Å². The van der Waals surface area contributed by atoms with Crippen LogP contribution in [0.15, 0.2) is 0 Å². The number of nitrogens with zero attached hydrogens (tertiary/aromatic N) is 4. The first-order chi connectivity index (χ1) is 9.58. The van der Waals surface area contributed by atoms with Crippen molar-refractivity contribution < 1.29 is 14.6 Å². The van der Waals surface area contributed by atoms with Gasteiger partial charge in [-0.3, -0.25) is 4.79 Å². The first-order valence-corrected chi connectivity index (χ1v) is 7.18. The maximum absolute atomic E-state index is 11.3. The first kappa shape index (κ1) is 14.9. The summed E-state index contributed by atoms with van der Waals surface area (Å²) >= 11 is 0. The number of carbonyl (C=O) groups is 1. The predicted octanol–water partition coefficient (Wildman–Crippen LogP) is 1.66. The van der Waals surface area contributed by atoms with Gasteiger partial charge in [0, 0.05) is 6.61 Å². The highest BCUT2D eigenvalue weighted by molar-refractivity contribution is 5.69. The Morgan fingerprint density at radius 1 is 1.50 bits per heavy atom. The maximum atomic E-state index is 11.3. The number of hydrogen-bond donors (Lipinski definition) is 1. The molecule has 1 aliphatic rings. The van der Waals surface area contributed by atoms with Crippen LogP contribution in [0.3, 0.4) is 0 Å². The second-order valence-corrected chi connectivity index (χ2v) is 5.74. The molecule has 1 aliphatic heterocycles. The monoisotopic (exact) mass is 282 g/mol. The zero-order valence-corrected chi connectivity index (χ0v) is 12.0. The molecule has 2 heterocycles. The average Bonchev–Trinajstić information content (AvgIpc) is 2.86. The van der Waals surface area contributed by atoms with Gasteiger partial charge in [-0.15, -0.1) is 5.10 Å². The molecule has 0 aromatic carbocycles. The van der Waals surface area contributed by atoms with Crippen molar-refractivity contribution in [2.24, 2.45) is 11.8 Å². The molecule has 2 atom stereocenters. The fraction of sp³-hybridized carbons (Fsp3) is 0.846. The van der Waals surface area contributed by atoms with Crippen LogP contribution in [0.4, 0.5) is 0 Å². The van der Waals surface area contributed by atoms with E-state index in [1.54, 1.807) is 4.68 Å². The summed E-state index contributed by atoms with van der Waals surface area (Å²) in [7, 11) is 0. The minimum Gasteiger partial charge on any atom is -0.481 e. The third kappa shape index (κ3) is 3.75. The minimum absolute atomic E-state index is 0.104. The lowest BCUT2D eigenvalue weighted by atomic mass is 9.97. The number of carboxylic acids is 1. The summed E-state index contributed by atoms with van der Waals surface area (Å²) in [6, 6.07) is 0. The molecule has 1 aromatic heterocycles. The van der Waals surface area contributed by atoms with Crippen molar-refractivity contribution in [3.63, 3.8) is 0 Å². The molecule has 0 aliphatic carbocycles. The van der Waals surface area contributed by atoms with Crippen molar-refractivity contribution >= 4 is 5.97 Å². The largest absolute Gasteiger partial charge is 0.481 e. The highest BCUT2D eigenvalue weighted by Gasteiger charge is 2.26. The van der Waals surface area contributed by atoms with E-state index in [4.69, 9.17) is 4.74 Å². The molecular weight excluding hydrogens is 260 g/mol. The standard InChI is InChI=1S/C13H22N4O3/c1-9(2)7-10(13(18)19)8-17-12(14-15-16-17)11-5-3-4-6-20-11/h9-11H,3-8H2,1-2H3,(H,18,19). The van der Waals surface area contributed by atoms with Crippen LogP contribution in [0.2, 0.25) is 0 Å². The van der Waals surface area contributed by atoms with Crippen LogP contribution in [-0.2, 0) is 16.1 Å². The molecule has 2 rings (SSSR count). The van der Waals surface area contributed by atoms with E-state index < -0.39 is 11.9 Å². The zero-order chi connectivity index (χ0) is 14.5. The topological polar surface area (TPSA) is 90.1 Å². The van der Waals surface area contributed by atoms with E-state index in [1.165, 1.54) is 0 Å². The molecule has 7 heteroatoms. The second kappa shape index (κ2) is 6.78. The Hall–Kier alpha value is -1.50. The van der Waals surface area contributed by atoms with E-state index in [9.17, 15) is 9.90 Å². The number of ether oxygens (including phenoxy) is 1. The van der Waals surface area contributed by atoms with Gasteiger partial charge >= 0.3 is 5.97 Å². The summed E-state index contributed by atoms with van der Waals surface area (Å²) < 4.78 is 7.27. The summed E-state index contributed by atoms with van der Waals surface area (Å²) in [6.07, 6.45) is 3.55. The van der Waals surface area contributed by atoms with Crippen LogP contribution >= 0.6 is 0 Å². The number of carboxylic acid groups (broad SMARTS) is 1. The fourth-order valence-electron chi connectivity index (χ4n) is 2.55. The van der Waals surface area contributed by atoms with Crippen molar-refractivity contribution in [1.29, 1.82) is 0 Å². The number of hydrogen-bond acceptors (Lipinski definition) is 5. The van der Waals surface area contributed by atoms with Crippen molar-refractivity contribution in [3.05, 3.63) is 5.82 Å². The van der Waals surface area contributed by atoms with Gasteiger partial charge in [0.25, 0.3) is 0 Å². The smallest absolute Gasteiger partial charge is 0.308 e. The molecule has 0 saturated carbocycles. The van der Waals surface area contributed by atoms with Crippen LogP contribution in [0, 0.1) is 11.8 Å². The molecule has 1 aromatic rings. The number of tetrazole rings is 1. The van der Waals surface area contributed by atoms with Gasteiger partial charge in [-0.25, -0.2) is 4.68 Å². The molecule has 1 fully saturated rings. The lowest BCUT2D eigenvalue weighted by Crippen LogP contribution is -2.25. The van der Waals surface area contributed by atoms with E-state index >= 15 is 0 Å². The van der Waals surface area contributed by atoms with Gasteiger partial charge in [-0.1, -0.05) is 13.8 Å². The molecule has 112 valence electrons. The maximum Gasteiger partial charge on any atom is 0.308 e. The second-order valence-electron chi connectivity index (χ2n) is 5.74. The molecular formula is C13H22N4O3. The highest BCUT2D eigenvalue weighted by Crippen LogP contribution is 2.26. The van der Waals surface area contributed by atoms with Crippen molar-refractivity contribution in [2.75, 3.05) is 6.61 Å². The third-order valence-corrected chi connectivity index (χ3v) is 3.53. The van der Waals surface area contributed by atoms with Crippen LogP contribution in [0.1, 0.15) is 51.5 Å². The Bertz CT molecular complexity index is 441. The van der Waals surface area contributed by atoms with Crippen LogP contribution in [0.25, 0.3) is 0 Å². The Morgan fingerprint density at radius 2 is 2.30 bits per heavy atom. The van der Waals surface area contributed by atoms with E-state index in [1.807, 2.05) is 13.8 Å². The van der Waals surface area contributed by atoms with Gasteiger partial charge in [0.05, 0.1) is 12.5 Å². The quantitative estimate of drug-likeness (QED) is 0.853. The Morgan fingerprint density at radius 3 is 2.90 bits per heavy atom. The predicted molar refractivity (Wildman–Crippen MR) is 70.9 cm³/mol. The van der Waals surface area contributed by atoms with Gasteiger partial charge in [-0.2, -0.15) is 0 Å². The van der Waals surface area contributed by atoms with Crippen LogP contribution < -0.4 is 0 Å². The Labute approximate surface area is 118 Å². The van der Waals surface area contributed by atoms with E-state index in [2.05, 4.69) is 15.5 Å². The van der Waals surface area contributed by atoms with Crippen molar-refractivity contribution in [2.45, 2.75) is 52.2 Å². The van der Waals surface area contributed by atoms with Gasteiger partial charge in [0.15, 0.2) is 5.82 Å². The average molecular weight is 282 g/mol. The Balaban J connectivity index is 2.08. The van der Waals surface area contributed by atoms with Gasteiger partial charge in [-0.05, 0) is 42.0 Å². The van der Waals surface area contributed by atoms with Gasteiger partial charge in [0.1, 0.15) is 6.10 Å². The third-order valence-electron chi connectivity index (χ3n) is 3.53. The fourth-order valence-corrected chi connectivity index (χ4v) is 2.55. The van der Waals surface area contributed by atoms with E-state index in [0.29, 0.717) is 31.3 Å². The zero-order valence-electron chi connectivity index (χ0n) is 12.0. The summed E-state index contributed by atoms with van der Waals surface area (Å²) in [5, 5.41) is 20.9. The molecule has 7 nitrogen and oxygen atoms in total. The minimum atomic E-state index is -0.801. The molecule has 0 spiro atoms. The number of aromatic nitrogens is 4. The Kier molecular flexibility index (Phi) is 5.05. The molecule has 2 unspecified atom stereocenters. The summed E-state index contributed by atoms with van der Waals surface area (Å²) in [5.41, 5.74) is 0. The summed E-state index contributed by atoms with van der Waals surface area (Å²) in [6.45, 7) is 5.04. The summed E-state index contributed by atoms with van der Waals surface area (Å²) in [5.74, 6) is -0.299. The molecule has 0 amide bonds. The first-order valence-electron chi connectivity index (χ1n) is 7.18. The van der Waals surface area contributed by atoms with Crippen molar-refractivity contribution in [3.8, 4) is 0 Å². The van der Waals surface area contributed by atoms with Crippen LogP contribution in [-0.4, -0.2) is 37.9 Å². The molecule has 1 N–H and O–H groups in total. The normalized spacial score (nSPS) is 21.1. The van der Waals surface area contributed by atoms with Gasteiger partial charge < -0.3 is 9.84 Å². The molecule has 1 saturated heterocycles. The molecule has 0 radical (unpaired) electrons. The van der Waals surface area contributed by atoms with Crippen LogP contribution in [0.5, 0.6) is 0 Å². The lowest BCUT2D eigenvalue weighted by Gasteiger charge is -2.22. The van der Waals surface area contributed by atoms with E-state index in [-0.39, 0.29) is 6.10 Å². The lowest BCUT2D eigenvalue weighted by molar-refractivity contribution is -0.143. The van der Waals surface area contributed by atoms with Gasteiger partial charge in [0.2, 0.25) is 0 Å². The SMILES string of the molecule is CC(C)CC(Cn1nnnc1C1CCCCO1)C(=O)O. The number of aliphatic carboxylic acids is 1.